The van der Waals surface area contributed by atoms with Gasteiger partial charge in [0.2, 0.25) is 0 Å². The molecule has 1 saturated carbocycles. The SMILES string of the molecule is CCOC(=O)C(CC1CCCCC1)C[PH](=O)OCC. The molecule has 0 aliphatic heterocycles. The van der Waals surface area contributed by atoms with Crippen molar-refractivity contribution >= 4 is 14.0 Å². The smallest absolute Gasteiger partial charge is 0.309 e. The molecular weight excluding hydrogens is 263 g/mol. The summed E-state index contributed by atoms with van der Waals surface area (Å²) in [6.45, 7) is 4.45. The zero-order valence-corrected chi connectivity index (χ0v) is 13.2. The van der Waals surface area contributed by atoms with E-state index in [1.807, 2.05) is 6.92 Å². The van der Waals surface area contributed by atoms with Crippen LogP contribution in [0.15, 0.2) is 0 Å². The fourth-order valence-corrected chi connectivity index (χ4v) is 3.94. The lowest BCUT2D eigenvalue weighted by Crippen LogP contribution is -2.24. The molecule has 4 nitrogen and oxygen atoms in total. The van der Waals surface area contributed by atoms with Gasteiger partial charge in [-0.2, -0.15) is 0 Å². The van der Waals surface area contributed by atoms with Crippen molar-refractivity contribution in [3.05, 3.63) is 0 Å². The molecule has 1 fully saturated rings. The Labute approximate surface area is 117 Å². The molecule has 0 heterocycles. The maximum absolute atomic E-state index is 12.0. The second-order valence-electron chi connectivity index (χ2n) is 5.20. The summed E-state index contributed by atoms with van der Waals surface area (Å²) in [6.07, 6.45) is 7.32. The lowest BCUT2D eigenvalue weighted by atomic mass is 9.83. The van der Waals surface area contributed by atoms with E-state index in [-0.39, 0.29) is 11.9 Å². The molecule has 0 radical (unpaired) electrons. The molecule has 0 bridgehead atoms. The van der Waals surface area contributed by atoms with Gasteiger partial charge < -0.3 is 9.26 Å². The van der Waals surface area contributed by atoms with Crippen LogP contribution >= 0.6 is 8.03 Å². The quantitative estimate of drug-likeness (QED) is 0.506. The van der Waals surface area contributed by atoms with Gasteiger partial charge in [-0.15, -0.1) is 0 Å². The summed E-state index contributed by atoms with van der Waals surface area (Å²) in [4.78, 5) is 12.0. The molecule has 2 unspecified atom stereocenters. The van der Waals surface area contributed by atoms with Gasteiger partial charge in [0.05, 0.1) is 19.1 Å². The van der Waals surface area contributed by atoms with E-state index in [2.05, 4.69) is 0 Å². The zero-order valence-electron chi connectivity index (χ0n) is 12.2. The van der Waals surface area contributed by atoms with Crippen molar-refractivity contribution in [3.63, 3.8) is 0 Å². The maximum Gasteiger partial charge on any atom is 0.309 e. The summed E-state index contributed by atoms with van der Waals surface area (Å²) in [7, 11) is -2.10. The number of hydrogen-bond acceptors (Lipinski definition) is 4. The Morgan fingerprint density at radius 3 is 2.47 bits per heavy atom. The summed E-state index contributed by atoms with van der Waals surface area (Å²) in [6, 6.07) is 0. The highest BCUT2D eigenvalue weighted by atomic mass is 31.1. The van der Waals surface area contributed by atoms with E-state index in [0.29, 0.717) is 25.3 Å². The lowest BCUT2D eigenvalue weighted by Gasteiger charge is -2.25. The van der Waals surface area contributed by atoms with Crippen molar-refractivity contribution in [1.82, 2.24) is 0 Å². The monoisotopic (exact) mass is 290 g/mol. The predicted molar refractivity (Wildman–Crippen MR) is 76.8 cm³/mol. The second-order valence-corrected chi connectivity index (χ2v) is 6.64. The first kappa shape index (κ1) is 16.7. The molecule has 0 amide bonds. The molecular formula is C14H27O4P. The summed E-state index contributed by atoms with van der Waals surface area (Å²) in [5.74, 6) is 0.131. The van der Waals surface area contributed by atoms with Crippen LogP contribution in [0.5, 0.6) is 0 Å². The maximum atomic E-state index is 12.0. The first-order valence-corrected chi connectivity index (χ1v) is 9.02. The van der Waals surface area contributed by atoms with E-state index in [1.165, 1.54) is 32.1 Å². The molecule has 0 aromatic carbocycles. The first-order valence-electron chi connectivity index (χ1n) is 7.49. The van der Waals surface area contributed by atoms with Crippen LogP contribution in [0.1, 0.15) is 52.4 Å². The van der Waals surface area contributed by atoms with Crippen molar-refractivity contribution in [1.29, 1.82) is 0 Å². The fourth-order valence-electron chi connectivity index (χ4n) is 2.77. The highest BCUT2D eigenvalue weighted by molar-refractivity contribution is 7.39. The van der Waals surface area contributed by atoms with Crippen molar-refractivity contribution in [2.24, 2.45) is 11.8 Å². The molecule has 112 valence electrons. The normalized spacial score (nSPS) is 19.9. The lowest BCUT2D eigenvalue weighted by molar-refractivity contribution is -0.148. The van der Waals surface area contributed by atoms with Crippen LogP contribution in [0.2, 0.25) is 0 Å². The predicted octanol–water partition coefficient (Wildman–Crippen LogP) is 3.65. The van der Waals surface area contributed by atoms with E-state index in [0.717, 1.165) is 6.42 Å². The molecule has 0 aromatic heterocycles. The third kappa shape index (κ3) is 6.58. The first-order chi connectivity index (χ1) is 9.17. The third-order valence-electron chi connectivity index (χ3n) is 3.68. The molecule has 0 aromatic rings. The van der Waals surface area contributed by atoms with Crippen molar-refractivity contribution in [2.45, 2.75) is 52.4 Å². The average Bonchev–Trinajstić information content (AvgIpc) is 2.40. The number of carbonyl (C=O) groups excluding carboxylic acids is 1. The standard InChI is InChI=1S/C14H27O4P/c1-3-17-14(15)13(11-19(16)18-4-2)10-12-8-6-5-7-9-12/h12-13,19H,3-11H2,1-2H3. The minimum absolute atomic E-state index is 0.203. The molecule has 5 heteroatoms. The van der Waals surface area contributed by atoms with Gasteiger partial charge >= 0.3 is 5.97 Å². The Hall–Kier alpha value is -0.340. The zero-order chi connectivity index (χ0) is 14.1. The minimum atomic E-state index is -2.10. The van der Waals surface area contributed by atoms with E-state index < -0.39 is 8.03 Å². The number of hydrogen-bond donors (Lipinski definition) is 0. The number of rotatable bonds is 8. The van der Waals surface area contributed by atoms with Crippen LogP contribution in [0.4, 0.5) is 0 Å². The van der Waals surface area contributed by atoms with Crippen molar-refractivity contribution < 1.29 is 18.6 Å². The molecule has 1 aliphatic rings. The van der Waals surface area contributed by atoms with Gasteiger partial charge in [0.25, 0.3) is 0 Å². The average molecular weight is 290 g/mol. The highest BCUT2D eigenvalue weighted by Gasteiger charge is 2.27. The number of esters is 1. The van der Waals surface area contributed by atoms with Gasteiger partial charge in [-0.1, -0.05) is 32.1 Å². The van der Waals surface area contributed by atoms with Crippen LogP contribution in [-0.4, -0.2) is 25.3 Å². The largest absolute Gasteiger partial charge is 0.466 e. The van der Waals surface area contributed by atoms with E-state index in [4.69, 9.17) is 9.26 Å². The van der Waals surface area contributed by atoms with Gasteiger partial charge in [0.1, 0.15) is 0 Å². The second kappa shape index (κ2) is 9.55. The highest BCUT2D eigenvalue weighted by Crippen LogP contribution is 2.34. The van der Waals surface area contributed by atoms with Gasteiger partial charge in [0.15, 0.2) is 8.03 Å². The van der Waals surface area contributed by atoms with E-state index >= 15 is 0 Å². The van der Waals surface area contributed by atoms with Crippen molar-refractivity contribution in [3.8, 4) is 0 Å². The molecule has 1 aliphatic carbocycles. The van der Waals surface area contributed by atoms with Gasteiger partial charge in [-0.3, -0.25) is 9.36 Å². The number of carbonyl (C=O) groups is 1. The Balaban J connectivity index is 2.52. The Bertz CT molecular complexity index is 287. The van der Waals surface area contributed by atoms with Crippen LogP contribution in [0.3, 0.4) is 0 Å². The molecule has 0 saturated heterocycles. The van der Waals surface area contributed by atoms with Crippen LogP contribution in [0.25, 0.3) is 0 Å². The molecule has 2 atom stereocenters. The molecule has 19 heavy (non-hydrogen) atoms. The Morgan fingerprint density at radius 2 is 1.89 bits per heavy atom. The topological polar surface area (TPSA) is 52.6 Å². The van der Waals surface area contributed by atoms with Crippen LogP contribution < -0.4 is 0 Å². The number of ether oxygens (including phenoxy) is 1. The third-order valence-corrected chi connectivity index (χ3v) is 5.12. The summed E-state index contributed by atoms with van der Waals surface area (Å²) in [5.41, 5.74) is 0. The fraction of sp³-hybridized carbons (Fsp3) is 0.929. The summed E-state index contributed by atoms with van der Waals surface area (Å²) in [5, 5.41) is 0. The molecule has 1 rings (SSSR count). The van der Waals surface area contributed by atoms with E-state index in [9.17, 15) is 9.36 Å². The Kier molecular flexibility index (Phi) is 8.40. The van der Waals surface area contributed by atoms with Crippen molar-refractivity contribution in [2.75, 3.05) is 19.4 Å². The molecule has 0 spiro atoms. The van der Waals surface area contributed by atoms with Gasteiger partial charge in [-0.25, -0.2) is 0 Å². The van der Waals surface area contributed by atoms with E-state index in [1.54, 1.807) is 6.92 Å². The van der Waals surface area contributed by atoms with Gasteiger partial charge in [0, 0.05) is 6.16 Å². The van der Waals surface area contributed by atoms with Gasteiger partial charge in [-0.05, 0) is 26.2 Å². The van der Waals surface area contributed by atoms with Crippen LogP contribution in [-0.2, 0) is 18.6 Å². The summed E-state index contributed by atoms with van der Waals surface area (Å²) < 4.78 is 22.0. The molecule has 0 N–H and O–H groups in total. The summed E-state index contributed by atoms with van der Waals surface area (Å²) >= 11 is 0. The Morgan fingerprint density at radius 1 is 1.21 bits per heavy atom. The minimum Gasteiger partial charge on any atom is -0.466 e. The van der Waals surface area contributed by atoms with Crippen LogP contribution in [0, 0.1) is 11.8 Å².